The first-order valence-electron chi connectivity index (χ1n) is 12.1. The molecular weight excluding hydrogens is 481 g/mol. The molecule has 0 radical (unpaired) electrons. The minimum atomic E-state index is 0.116. The SMILES string of the molecule is C=Cc1cc(C(=O)N2CCC(N3CCCCC3)CC2)ccc1N=C.CO.Cc1ccc(Cl)c(Cl)c1. The zero-order chi connectivity index (χ0) is 25.8. The number of hydrogen-bond acceptors (Lipinski definition) is 4. The zero-order valence-corrected chi connectivity index (χ0v) is 22.4. The van der Waals surface area contributed by atoms with Crippen LogP contribution in [-0.2, 0) is 0 Å². The molecule has 0 atom stereocenters. The Hall–Kier alpha value is -2.18. The van der Waals surface area contributed by atoms with Crippen LogP contribution < -0.4 is 0 Å². The number of hydrogen-bond donors (Lipinski definition) is 1. The fourth-order valence-corrected chi connectivity index (χ4v) is 4.85. The molecule has 0 saturated carbocycles. The van der Waals surface area contributed by atoms with Gasteiger partial charge in [0.2, 0.25) is 0 Å². The van der Waals surface area contributed by atoms with Gasteiger partial charge in [-0.25, -0.2) is 0 Å². The molecule has 2 heterocycles. The summed E-state index contributed by atoms with van der Waals surface area (Å²) in [7, 11) is 1.00. The standard InChI is InChI=1S/C20H27N3O.C7H6Cl2.CH4O/c1-3-16-15-17(7-8-19(16)21-2)20(24)23-13-9-18(10-14-23)22-11-5-4-6-12-22;1-5-2-3-6(8)7(9)4-5;1-2/h3,7-8,15,18H,1-2,4-6,9-14H2;2-4H,1H3;2H,1H3. The minimum absolute atomic E-state index is 0.116. The van der Waals surface area contributed by atoms with E-state index in [1.54, 1.807) is 12.1 Å². The van der Waals surface area contributed by atoms with Crippen LogP contribution in [0.1, 0.15) is 53.6 Å². The lowest BCUT2D eigenvalue weighted by Gasteiger charge is -2.40. The van der Waals surface area contributed by atoms with Crippen molar-refractivity contribution in [2.75, 3.05) is 33.3 Å². The first-order chi connectivity index (χ1) is 16.9. The van der Waals surface area contributed by atoms with E-state index in [4.69, 9.17) is 28.3 Å². The highest BCUT2D eigenvalue weighted by molar-refractivity contribution is 6.42. The van der Waals surface area contributed by atoms with Gasteiger partial charge in [0, 0.05) is 37.4 Å². The van der Waals surface area contributed by atoms with Gasteiger partial charge in [-0.15, -0.1) is 0 Å². The monoisotopic (exact) mass is 517 g/mol. The molecule has 0 aliphatic carbocycles. The van der Waals surface area contributed by atoms with Crippen molar-refractivity contribution in [3.05, 3.63) is 69.7 Å². The average Bonchev–Trinajstić information content (AvgIpc) is 2.92. The van der Waals surface area contributed by atoms with Crippen molar-refractivity contribution < 1.29 is 9.90 Å². The predicted octanol–water partition coefficient (Wildman–Crippen LogP) is 6.66. The van der Waals surface area contributed by atoms with E-state index in [0.717, 1.165) is 49.9 Å². The Labute approximate surface area is 220 Å². The molecule has 5 nitrogen and oxygen atoms in total. The fourth-order valence-electron chi connectivity index (χ4n) is 4.50. The van der Waals surface area contributed by atoms with Crippen LogP contribution in [0.15, 0.2) is 48.0 Å². The molecule has 1 amide bonds. The number of nitrogens with zero attached hydrogens (tertiary/aromatic N) is 3. The maximum Gasteiger partial charge on any atom is 0.253 e. The van der Waals surface area contributed by atoms with Gasteiger partial charge in [0.05, 0.1) is 15.7 Å². The number of piperidine rings is 2. The summed E-state index contributed by atoms with van der Waals surface area (Å²) < 4.78 is 0. The summed E-state index contributed by atoms with van der Waals surface area (Å²) in [6.07, 6.45) is 7.93. The lowest BCUT2D eigenvalue weighted by molar-refractivity contribution is 0.0590. The summed E-state index contributed by atoms with van der Waals surface area (Å²) in [6.45, 7) is 13.5. The summed E-state index contributed by atoms with van der Waals surface area (Å²) in [5.41, 5.74) is 3.47. The maximum absolute atomic E-state index is 12.8. The van der Waals surface area contributed by atoms with Crippen LogP contribution in [-0.4, -0.2) is 66.9 Å². The third kappa shape index (κ3) is 8.46. The molecule has 2 aromatic carbocycles. The normalized spacial score (nSPS) is 16.3. The van der Waals surface area contributed by atoms with E-state index in [1.807, 2.05) is 42.2 Å². The van der Waals surface area contributed by atoms with E-state index in [2.05, 4.69) is 23.2 Å². The number of amides is 1. The van der Waals surface area contributed by atoms with Gasteiger partial charge >= 0.3 is 0 Å². The van der Waals surface area contributed by atoms with E-state index in [1.165, 1.54) is 32.4 Å². The molecule has 0 unspecified atom stereocenters. The topological polar surface area (TPSA) is 56.1 Å². The smallest absolute Gasteiger partial charge is 0.253 e. The van der Waals surface area contributed by atoms with E-state index in [0.29, 0.717) is 21.7 Å². The van der Waals surface area contributed by atoms with Gasteiger partial charge in [0.15, 0.2) is 0 Å². The number of aliphatic hydroxyl groups is 1. The number of aliphatic imine (C=N–C) groups is 1. The van der Waals surface area contributed by atoms with E-state index in [-0.39, 0.29) is 5.91 Å². The van der Waals surface area contributed by atoms with E-state index in [9.17, 15) is 4.79 Å². The van der Waals surface area contributed by atoms with Crippen LogP contribution in [0.3, 0.4) is 0 Å². The Morgan fingerprint density at radius 3 is 2.20 bits per heavy atom. The quantitative estimate of drug-likeness (QED) is 0.461. The zero-order valence-electron chi connectivity index (χ0n) is 20.9. The van der Waals surface area contributed by atoms with Gasteiger partial charge in [0.25, 0.3) is 5.91 Å². The van der Waals surface area contributed by atoms with Crippen molar-refractivity contribution in [3.63, 3.8) is 0 Å². The van der Waals surface area contributed by atoms with Crippen molar-refractivity contribution in [1.29, 1.82) is 0 Å². The van der Waals surface area contributed by atoms with Crippen LogP contribution >= 0.6 is 23.2 Å². The lowest BCUT2D eigenvalue weighted by atomic mass is 9.99. The van der Waals surface area contributed by atoms with Gasteiger partial charge < -0.3 is 14.9 Å². The second kappa shape index (κ2) is 15.0. The summed E-state index contributed by atoms with van der Waals surface area (Å²) in [5, 5.41) is 8.24. The van der Waals surface area contributed by atoms with Gasteiger partial charge in [-0.2, -0.15) is 0 Å². The molecule has 2 aliphatic heterocycles. The van der Waals surface area contributed by atoms with Crippen LogP contribution in [0.2, 0.25) is 10.0 Å². The molecule has 7 heteroatoms. The summed E-state index contributed by atoms with van der Waals surface area (Å²) in [5.74, 6) is 0.116. The second-order valence-electron chi connectivity index (χ2n) is 8.67. The van der Waals surface area contributed by atoms with Crippen LogP contribution in [0.5, 0.6) is 0 Å². The molecule has 2 aromatic rings. The summed E-state index contributed by atoms with van der Waals surface area (Å²) in [6, 6.07) is 11.8. The molecular formula is C28H37Cl2N3O2. The minimum Gasteiger partial charge on any atom is -0.400 e. The largest absolute Gasteiger partial charge is 0.400 e. The van der Waals surface area contributed by atoms with Crippen LogP contribution in [0.25, 0.3) is 6.08 Å². The molecule has 0 bridgehead atoms. The Balaban J connectivity index is 0.000000329. The molecule has 0 aromatic heterocycles. The average molecular weight is 519 g/mol. The molecule has 4 rings (SSSR count). The van der Waals surface area contributed by atoms with Gasteiger partial charge in [0.1, 0.15) is 0 Å². The highest BCUT2D eigenvalue weighted by atomic mass is 35.5. The third-order valence-corrected chi connectivity index (χ3v) is 7.14. The third-order valence-electron chi connectivity index (χ3n) is 6.40. The molecule has 0 spiro atoms. The highest BCUT2D eigenvalue weighted by Gasteiger charge is 2.28. The fraction of sp³-hybridized carbons (Fsp3) is 0.429. The number of likely N-dealkylation sites (tertiary alicyclic amines) is 2. The number of carbonyl (C=O) groups is 1. The van der Waals surface area contributed by atoms with E-state index >= 15 is 0 Å². The summed E-state index contributed by atoms with van der Waals surface area (Å²) in [4.78, 5) is 21.4. The van der Waals surface area contributed by atoms with Crippen molar-refractivity contribution in [2.45, 2.75) is 45.1 Å². The number of carbonyl (C=O) groups excluding carboxylic acids is 1. The van der Waals surface area contributed by atoms with Crippen molar-refractivity contribution in [1.82, 2.24) is 9.80 Å². The molecule has 190 valence electrons. The number of rotatable bonds is 4. The second-order valence-corrected chi connectivity index (χ2v) is 9.49. The highest BCUT2D eigenvalue weighted by Crippen LogP contribution is 2.25. The summed E-state index contributed by atoms with van der Waals surface area (Å²) >= 11 is 11.3. The maximum atomic E-state index is 12.8. The lowest BCUT2D eigenvalue weighted by Crippen LogP contribution is -2.48. The Kier molecular flexibility index (Phi) is 12.5. The van der Waals surface area contributed by atoms with Crippen LogP contribution in [0, 0.1) is 6.92 Å². The molecule has 1 N–H and O–H groups in total. The molecule has 2 aliphatic rings. The number of aliphatic hydroxyl groups excluding tert-OH is 1. The molecule has 35 heavy (non-hydrogen) atoms. The van der Waals surface area contributed by atoms with Gasteiger partial charge in [-0.1, -0.05) is 48.3 Å². The number of benzene rings is 2. The predicted molar refractivity (Wildman–Crippen MR) is 149 cm³/mol. The number of halogens is 2. The van der Waals surface area contributed by atoms with Crippen molar-refractivity contribution >= 4 is 47.6 Å². The van der Waals surface area contributed by atoms with Crippen molar-refractivity contribution in [3.8, 4) is 0 Å². The van der Waals surface area contributed by atoms with Gasteiger partial charge in [-0.3, -0.25) is 9.79 Å². The Bertz CT molecular complexity index is 982. The molecule has 2 saturated heterocycles. The number of aryl methyl sites for hydroxylation is 1. The van der Waals surface area contributed by atoms with E-state index < -0.39 is 0 Å². The Morgan fingerprint density at radius 1 is 1.00 bits per heavy atom. The Morgan fingerprint density at radius 2 is 1.66 bits per heavy atom. The first-order valence-corrected chi connectivity index (χ1v) is 12.8. The van der Waals surface area contributed by atoms with Crippen LogP contribution in [0.4, 0.5) is 5.69 Å². The molecule has 2 fully saturated rings. The van der Waals surface area contributed by atoms with Crippen molar-refractivity contribution in [2.24, 2.45) is 4.99 Å². The van der Waals surface area contributed by atoms with Gasteiger partial charge in [-0.05, 0) is 88.3 Å². The first kappa shape index (κ1) is 29.1.